The molecule has 0 radical (unpaired) electrons. The SMILES string of the molecule is CSC1(CNS(=O)(=O)c2ccc(C(=O)O)cn2)CCC1. The van der Waals surface area contributed by atoms with Crippen molar-refractivity contribution in [1.82, 2.24) is 9.71 Å². The quantitative estimate of drug-likeness (QED) is 0.822. The Kier molecular flexibility index (Phi) is 4.36. The summed E-state index contributed by atoms with van der Waals surface area (Å²) >= 11 is 1.68. The molecule has 6 nitrogen and oxygen atoms in total. The first-order valence-electron chi connectivity index (χ1n) is 6.13. The van der Waals surface area contributed by atoms with Gasteiger partial charge in [-0.15, -0.1) is 0 Å². The number of aromatic nitrogens is 1. The normalized spacial score (nSPS) is 17.4. The first-order chi connectivity index (χ1) is 9.38. The monoisotopic (exact) mass is 316 g/mol. The van der Waals surface area contributed by atoms with Gasteiger partial charge < -0.3 is 5.11 Å². The van der Waals surface area contributed by atoms with Crippen molar-refractivity contribution in [3.8, 4) is 0 Å². The van der Waals surface area contributed by atoms with Crippen LogP contribution in [-0.2, 0) is 10.0 Å². The van der Waals surface area contributed by atoms with Gasteiger partial charge in [0.05, 0.1) is 5.56 Å². The summed E-state index contributed by atoms with van der Waals surface area (Å²) < 4.78 is 26.7. The molecule has 110 valence electrons. The molecule has 0 atom stereocenters. The Morgan fingerprint density at radius 1 is 1.50 bits per heavy atom. The van der Waals surface area contributed by atoms with Crippen LogP contribution in [0.2, 0.25) is 0 Å². The summed E-state index contributed by atoms with van der Waals surface area (Å²) in [4.78, 5) is 14.4. The smallest absolute Gasteiger partial charge is 0.337 e. The topological polar surface area (TPSA) is 96.4 Å². The Bertz CT molecular complexity index is 589. The molecular formula is C12H16N2O4S2. The highest BCUT2D eigenvalue weighted by Crippen LogP contribution is 2.42. The minimum absolute atomic E-state index is 0.00588. The zero-order valence-corrected chi connectivity index (χ0v) is 12.6. The lowest BCUT2D eigenvalue weighted by atomic mass is 9.84. The number of nitrogens with zero attached hydrogens (tertiary/aromatic N) is 1. The van der Waals surface area contributed by atoms with Gasteiger partial charge in [-0.25, -0.2) is 22.9 Å². The first-order valence-corrected chi connectivity index (χ1v) is 8.83. The third-order valence-corrected chi connectivity index (χ3v) is 6.28. The first kappa shape index (κ1) is 15.3. The largest absolute Gasteiger partial charge is 0.478 e. The molecule has 0 unspecified atom stereocenters. The maximum absolute atomic E-state index is 12.1. The Hall–Kier alpha value is -1.12. The van der Waals surface area contributed by atoms with E-state index in [4.69, 9.17) is 5.11 Å². The molecule has 2 N–H and O–H groups in total. The molecule has 20 heavy (non-hydrogen) atoms. The summed E-state index contributed by atoms with van der Waals surface area (Å²) in [6, 6.07) is 2.44. The number of carbonyl (C=O) groups is 1. The van der Waals surface area contributed by atoms with E-state index >= 15 is 0 Å². The van der Waals surface area contributed by atoms with Crippen molar-refractivity contribution >= 4 is 27.8 Å². The number of sulfonamides is 1. The van der Waals surface area contributed by atoms with E-state index in [1.165, 1.54) is 12.1 Å². The lowest BCUT2D eigenvalue weighted by molar-refractivity contribution is 0.0696. The highest BCUT2D eigenvalue weighted by atomic mass is 32.2. The molecular weight excluding hydrogens is 300 g/mol. The van der Waals surface area contributed by atoms with Crippen molar-refractivity contribution in [1.29, 1.82) is 0 Å². The fourth-order valence-corrected chi connectivity index (χ4v) is 4.05. The number of carboxylic acid groups (broad SMARTS) is 1. The number of aromatic carboxylic acids is 1. The number of thioether (sulfide) groups is 1. The molecule has 1 aliphatic rings. The van der Waals surface area contributed by atoms with Crippen LogP contribution in [0, 0.1) is 0 Å². The Morgan fingerprint density at radius 2 is 2.20 bits per heavy atom. The van der Waals surface area contributed by atoms with Crippen LogP contribution in [0.1, 0.15) is 29.6 Å². The van der Waals surface area contributed by atoms with Gasteiger partial charge in [0, 0.05) is 17.5 Å². The van der Waals surface area contributed by atoms with Crippen molar-refractivity contribution in [2.24, 2.45) is 0 Å². The van der Waals surface area contributed by atoms with Gasteiger partial charge in [0.1, 0.15) is 0 Å². The molecule has 0 saturated heterocycles. The highest BCUT2D eigenvalue weighted by molar-refractivity contribution is 8.00. The molecule has 1 fully saturated rings. The van der Waals surface area contributed by atoms with Gasteiger partial charge in [0.25, 0.3) is 10.0 Å². The Balaban J connectivity index is 2.08. The van der Waals surface area contributed by atoms with E-state index in [0.717, 1.165) is 25.5 Å². The van der Waals surface area contributed by atoms with Gasteiger partial charge in [0.2, 0.25) is 0 Å². The number of carboxylic acids is 1. The van der Waals surface area contributed by atoms with Gasteiger partial charge in [-0.2, -0.15) is 11.8 Å². The van der Waals surface area contributed by atoms with Gasteiger partial charge in [-0.05, 0) is 31.2 Å². The molecule has 8 heteroatoms. The van der Waals surface area contributed by atoms with Gasteiger partial charge in [-0.1, -0.05) is 6.42 Å². The number of hydrogen-bond donors (Lipinski definition) is 2. The Morgan fingerprint density at radius 3 is 2.60 bits per heavy atom. The zero-order chi connectivity index (χ0) is 14.8. The van der Waals surface area contributed by atoms with Crippen LogP contribution >= 0.6 is 11.8 Å². The fraction of sp³-hybridized carbons (Fsp3) is 0.500. The van der Waals surface area contributed by atoms with Crippen molar-refractivity contribution in [3.05, 3.63) is 23.9 Å². The van der Waals surface area contributed by atoms with Crippen LogP contribution in [0.15, 0.2) is 23.4 Å². The van der Waals surface area contributed by atoms with Crippen LogP contribution in [0.5, 0.6) is 0 Å². The summed E-state index contributed by atoms with van der Waals surface area (Å²) in [6.07, 6.45) is 6.15. The number of nitrogens with one attached hydrogen (secondary N) is 1. The summed E-state index contributed by atoms with van der Waals surface area (Å²) in [5.74, 6) is -1.13. The average Bonchev–Trinajstić information content (AvgIpc) is 2.38. The van der Waals surface area contributed by atoms with Crippen LogP contribution in [0.4, 0.5) is 0 Å². The second-order valence-electron chi connectivity index (χ2n) is 4.76. The van der Waals surface area contributed by atoms with E-state index in [9.17, 15) is 13.2 Å². The third-order valence-electron chi connectivity index (χ3n) is 3.54. The molecule has 0 aromatic carbocycles. The second kappa shape index (κ2) is 5.71. The van der Waals surface area contributed by atoms with Crippen molar-refractivity contribution in [2.75, 3.05) is 12.8 Å². The molecule has 0 aliphatic heterocycles. The van der Waals surface area contributed by atoms with Crippen molar-refractivity contribution in [2.45, 2.75) is 29.0 Å². The summed E-state index contributed by atoms with van der Waals surface area (Å²) in [7, 11) is -3.69. The van der Waals surface area contributed by atoms with E-state index in [2.05, 4.69) is 9.71 Å². The summed E-state index contributed by atoms with van der Waals surface area (Å²) in [6.45, 7) is 0.374. The average molecular weight is 316 g/mol. The molecule has 0 spiro atoms. The molecule has 1 saturated carbocycles. The van der Waals surface area contributed by atoms with Gasteiger partial charge >= 0.3 is 5.97 Å². The molecule has 2 rings (SSSR count). The standard InChI is InChI=1S/C12H16N2O4S2/c1-19-12(5-2-6-12)8-14-20(17,18)10-4-3-9(7-13-10)11(15)16/h3-4,7,14H,2,5-6,8H2,1H3,(H,15,16). The van der Waals surface area contributed by atoms with Gasteiger partial charge in [0.15, 0.2) is 5.03 Å². The van der Waals surface area contributed by atoms with Crippen molar-refractivity contribution in [3.63, 3.8) is 0 Å². The molecule has 1 aromatic rings. The lowest BCUT2D eigenvalue weighted by Gasteiger charge is -2.40. The van der Waals surface area contributed by atoms with Crippen LogP contribution in [0.25, 0.3) is 0 Å². The molecule has 1 heterocycles. The maximum Gasteiger partial charge on any atom is 0.337 e. The maximum atomic E-state index is 12.1. The van der Waals surface area contributed by atoms with Crippen LogP contribution < -0.4 is 4.72 Å². The van der Waals surface area contributed by atoms with E-state index in [0.29, 0.717) is 6.54 Å². The van der Waals surface area contributed by atoms with Crippen molar-refractivity contribution < 1.29 is 18.3 Å². The van der Waals surface area contributed by atoms with E-state index in [-0.39, 0.29) is 15.3 Å². The van der Waals surface area contributed by atoms with E-state index in [1.807, 2.05) is 6.26 Å². The van der Waals surface area contributed by atoms with E-state index < -0.39 is 16.0 Å². The van der Waals surface area contributed by atoms with Crippen LogP contribution in [0.3, 0.4) is 0 Å². The third kappa shape index (κ3) is 3.13. The number of rotatable bonds is 6. The second-order valence-corrected chi connectivity index (χ2v) is 7.74. The zero-order valence-electron chi connectivity index (χ0n) is 11.0. The number of pyridine rings is 1. The predicted octanol–water partition coefficient (Wildman–Crippen LogP) is 1.34. The highest BCUT2D eigenvalue weighted by Gasteiger charge is 2.37. The van der Waals surface area contributed by atoms with Crippen LogP contribution in [-0.4, -0.2) is 42.0 Å². The lowest BCUT2D eigenvalue weighted by Crippen LogP contribution is -2.45. The van der Waals surface area contributed by atoms with E-state index in [1.54, 1.807) is 11.8 Å². The molecule has 1 aliphatic carbocycles. The molecule has 0 bridgehead atoms. The predicted molar refractivity (Wildman–Crippen MR) is 76.5 cm³/mol. The fourth-order valence-electron chi connectivity index (χ4n) is 1.99. The minimum atomic E-state index is -3.69. The number of hydrogen-bond acceptors (Lipinski definition) is 5. The Labute approximate surface area is 122 Å². The molecule has 0 amide bonds. The summed E-state index contributed by atoms with van der Waals surface area (Å²) in [5, 5.41) is 8.60. The molecule has 1 aromatic heterocycles. The van der Waals surface area contributed by atoms with Gasteiger partial charge in [-0.3, -0.25) is 0 Å². The summed E-state index contributed by atoms with van der Waals surface area (Å²) in [5.41, 5.74) is -0.0384. The minimum Gasteiger partial charge on any atom is -0.478 e.